The van der Waals surface area contributed by atoms with Crippen LogP contribution in [0.5, 0.6) is 0 Å². The average molecular weight is 309 g/mol. The van der Waals surface area contributed by atoms with Gasteiger partial charge in [-0.25, -0.2) is 0 Å². The van der Waals surface area contributed by atoms with Gasteiger partial charge in [-0.15, -0.1) is 6.58 Å². The van der Waals surface area contributed by atoms with Crippen LogP contribution >= 0.6 is 0 Å². The molecule has 0 radical (unpaired) electrons. The predicted molar refractivity (Wildman–Crippen MR) is 89.2 cm³/mol. The molecule has 0 amide bonds. The fourth-order valence-corrected chi connectivity index (χ4v) is 3.05. The maximum absolute atomic E-state index is 10.0. The third-order valence-corrected chi connectivity index (χ3v) is 4.12. The van der Waals surface area contributed by atoms with Crippen molar-refractivity contribution in [3.63, 3.8) is 0 Å². The van der Waals surface area contributed by atoms with E-state index in [-0.39, 0.29) is 12.2 Å². The SMILES string of the molecule is C=CC(O)[C@H]1CN(c2ccc(C#N)c3ncccc23)C[C@@H](C)O1. The number of fused-ring (bicyclic) bond motifs is 1. The molecule has 1 aliphatic rings. The number of pyridine rings is 1. The quantitative estimate of drug-likeness (QED) is 0.881. The number of ether oxygens (including phenoxy) is 1. The fraction of sp³-hybridized carbons (Fsp3) is 0.333. The van der Waals surface area contributed by atoms with Crippen molar-refractivity contribution in [2.75, 3.05) is 18.0 Å². The number of morpholine rings is 1. The average Bonchev–Trinajstić information content (AvgIpc) is 2.59. The first-order valence-corrected chi connectivity index (χ1v) is 7.63. The molecule has 1 aromatic carbocycles. The molecule has 5 heteroatoms. The molecular formula is C18H19N3O2. The Morgan fingerprint density at radius 1 is 1.48 bits per heavy atom. The van der Waals surface area contributed by atoms with Crippen LogP contribution in [0.2, 0.25) is 0 Å². The van der Waals surface area contributed by atoms with E-state index in [1.807, 2.05) is 25.1 Å². The first-order valence-electron chi connectivity index (χ1n) is 7.63. The summed E-state index contributed by atoms with van der Waals surface area (Å²) in [6, 6.07) is 9.76. The predicted octanol–water partition coefficient (Wildman–Crippen LogP) is 2.25. The van der Waals surface area contributed by atoms with Gasteiger partial charge in [0, 0.05) is 30.4 Å². The number of benzene rings is 1. The van der Waals surface area contributed by atoms with Crippen molar-refractivity contribution in [2.24, 2.45) is 0 Å². The summed E-state index contributed by atoms with van der Waals surface area (Å²) in [5.74, 6) is 0. The first kappa shape index (κ1) is 15.5. The highest BCUT2D eigenvalue weighted by Crippen LogP contribution is 2.30. The molecule has 1 N–H and O–H groups in total. The molecule has 0 saturated carbocycles. The number of nitrogens with zero attached hydrogens (tertiary/aromatic N) is 3. The molecule has 3 rings (SSSR count). The third kappa shape index (κ3) is 2.91. The molecule has 5 nitrogen and oxygen atoms in total. The summed E-state index contributed by atoms with van der Waals surface area (Å²) < 4.78 is 5.82. The van der Waals surface area contributed by atoms with E-state index in [0.717, 1.165) is 17.6 Å². The Morgan fingerprint density at radius 2 is 2.30 bits per heavy atom. The first-order chi connectivity index (χ1) is 11.1. The van der Waals surface area contributed by atoms with E-state index in [4.69, 9.17) is 4.74 Å². The second-order valence-corrected chi connectivity index (χ2v) is 5.76. The minimum atomic E-state index is -0.706. The van der Waals surface area contributed by atoms with E-state index in [1.165, 1.54) is 6.08 Å². The van der Waals surface area contributed by atoms with Crippen LogP contribution in [0.15, 0.2) is 43.1 Å². The van der Waals surface area contributed by atoms with Gasteiger partial charge in [-0.05, 0) is 31.2 Å². The number of anilines is 1. The summed E-state index contributed by atoms with van der Waals surface area (Å²) in [7, 11) is 0. The molecular weight excluding hydrogens is 290 g/mol. The van der Waals surface area contributed by atoms with Crippen molar-refractivity contribution in [1.29, 1.82) is 5.26 Å². The Kier molecular flexibility index (Phi) is 4.28. The van der Waals surface area contributed by atoms with Gasteiger partial charge in [0.2, 0.25) is 0 Å². The molecule has 1 fully saturated rings. The van der Waals surface area contributed by atoms with Gasteiger partial charge in [0.15, 0.2) is 0 Å². The summed E-state index contributed by atoms with van der Waals surface area (Å²) in [4.78, 5) is 6.53. The molecule has 0 spiro atoms. The molecule has 2 aromatic rings. The molecule has 3 atom stereocenters. The molecule has 23 heavy (non-hydrogen) atoms. The van der Waals surface area contributed by atoms with Gasteiger partial charge < -0.3 is 14.7 Å². The molecule has 0 bridgehead atoms. The highest BCUT2D eigenvalue weighted by molar-refractivity contribution is 5.95. The number of hydrogen-bond acceptors (Lipinski definition) is 5. The van der Waals surface area contributed by atoms with E-state index < -0.39 is 6.10 Å². The lowest BCUT2D eigenvalue weighted by Crippen LogP contribution is -2.50. The van der Waals surface area contributed by atoms with Crippen LogP contribution in [0.25, 0.3) is 10.9 Å². The van der Waals surface area contributed by atoms with Crippen molar-refractivity contribution in [1.82, 2.24) is 4.98 Å². The summed E-state index contributed by atoms with van der Waals surface area (Å²) in [5.41, 5.74) is 2.27. The number of nitriles is 1. The summed E-state index contributed by atoms with van der Waals surface area (Å²) in [6.07, 6.45) is 2.16. The lowest BCUT2D eigenvalue weighted by molar-refractivity contribution is -0.0646. The highest BCUT2D eigenvalue weighted by Gasteiger charge is 2.30. The van der Waals surface area contributed by atoms with Crippen LogP contribution in [0, 0.1) is 11.3 Å². The number of aliphatic hydroxyl groups excluding tert-OH is 1. The minimum Gasteiger partial charge on any atom is -0.386 e. The van der Waals surface area contributed by atoms with Crippen LogP contribution in [-0.4, -0.2) is 41.5 Å². The van der Waals surface area contributed by atoms with E-state index in [0.29, 0.717) is 17.6 Å². The second kappa shape index (κ2) is 6.37. The Morgan fingerprint density at radius 3 is 3.04 bits per heavy atom. The lowest BCUT2D eigenvalue weighted by Gasteiger charge is -2.39. The molecule has 1 unspecified atom stereocenters. The van der Waals surface area contributed by atoms with Gasteiger partial charge in [0.05, 0.1) is 23.3 Å². The van der Waals surface area contributed by atoms with Crippen molar-refractivity contribution >= 4 is 16.6 Å². The minimum absolute atomic E-state index is 0.00860. The maximum atomic E-state index is 10.0. The van der Waals surface area contributed by atoms with Crippen molar-refractivity contribution in [2.45, 2.75) is 25.2 Å². The van der Waals surface area contributed by atoms with Crippen LogP contribution in [0.4, 0.5) is 5.69 Å². The van der Waals surface area contributed by atoms with E-state index in [1.54, 1.807) is 12.3 Å². The fourth-order valence-electron chi connectivity index (χ4n) is 3.05. The largest absolute Gasteiger partial charge is 0.386 e. The smallest absolute Gasteiger partial charge is 0.105 e. The number of aliphatic hydroxyl groups is 1. The Labute approximate surface area is 135 Å². The molecule has 0 aliphatic carbocycles. The maximum Gasteiger partial charge on any atom is 0.105 e. The molecule has 2 heterocycles. The van der Waals surface area contributed by atoms with Gasteiger partial charge in [-0.3, -0.25) is 4.98 Å². The highest BCUT2D eigenvalue weighted by atomic mass is 16.5. The zero-order chi connectivity index (χ0) is 16.4. The van der Waals surface area contributed by atoms with Crippen molar-refractivity contribution < 1.29 is 9.84 Å². The standard InChI is InChI=1S/C18H19N3O2/c1-3-16(22)17-11-21(10-12(2)23-17)15-7-6-13(9-19)18-14(15)5-4-8-20-18/h3-8,12,16-17,22H,1,10-11H2,2H3/t12-,16?,17-/m1/s1. The van der Waals surface area contributed by atoms with Crippen LogP contribution in [0.3, 0.4) is 0 Å². The molecule has 1 aromatic heterocycles. The lowest BCUT2D eigenvalue weighted by atomic mass is 10.0. The Balaban J connectivity index is 2.03. The topological polar surface area (TPSA) is 69.4 Å². The van der Waals surface area contributed by atoms with Crippen LogP contribution in [-0.2, 0) is 4.74 Å². The van der Waals surface area contributed by atoms with Gasteiger partial charge in [-0.2, -0.15) is 5.26 Å². The van der Waals surface area contributed by atoms with Gasteiger partial charge in [0.25, 0.3) is 0 Å². The zero-order valence-corrected chi connectivity index (χ0v) is 13.0. The normalized spacial score (nSPS) is 22.6. The van der Waals surface area contributed by atoms with Gasteiger partial charge in [0.1, 0.15) is 12.2 Å². The van der Waals surface area contributed by atoms with Gasteiger partial charge >= 0.3 is 0 Å². The second-order valence-electron chi connectivity index (χ2n) is 5.76. The van der Waals surface area contributed by atoms with Crippen LogP contribution < -0.4 is 4.90 Å². The van der Waals surface area contributed by atoms with Crippen LogP contribution in [0.1, 0.15) is 12.5 Å². The molecule has 1 aliphatic heterocycles. The Hall–Kier alpha value is -2.42. The third-order valence-electron chi connectivity index (χ3n) is 4.12. The van der Waals surface area contributed by atoms with Crippen molar-refractivity contribution in [3.8, 4) is 6.07 Å². The number of rotatable bonds is 3. The monoisotopic (exact) mass is 309 g/mol. The summed E-state index contributed by atoms with van der Waals surface area (Å²) >= 11 is 0. The summed E-state index contributed by atoms with van der Waals surface area (Å²) in [6.45, 7) is 6.90. The molecule has 118 valence electrons. The zero-order valence-electron chi connectivity index (χ0n) is 13.0. The Bertz CT molecular complexity index is 768. The van der Waals surface area contributed by atoms with Gasteiger partial charge in [-0.1, -0.05) is 6.08 Å². The number of hydrogen-bond donors (Lipinski definition) is 1. The van der Waals surface area contributed by atoms with E-state index in [2.05, 4.69) is 22.5 Å². The summed E-state index contributed by atoms with van der Waals surface area (Å²) in [5, 5.41) is 20.2. The van der Waals surface area contributed by atoms with E-state index in [9.17, 15) is 10.4 Å². The number of aromatic nitrogens is 1. The van der Waals surface area contributed by atoms with E-state index >= 15 is 0 Å². The molecule has 1 saturated heterocycles. The van der Waals surface area contributed by atoms with Crippen molar-refractivity contribution in [3.05, 3.63) is 48.7 Å².